The Kier molecular flexibility index (Phi) is 6.01. The SMILES string of the molecule is O=C(Nc1nnc(CSCc2ccccc2)s1)c1ccc(Br)cc1. The Morgan fingerprint density at radius 1 is 1.04 bits per heavy atom. The molecular weight excluding hydrogens is 406 g/mol. The predicted octanol–water partition coefficient (Wildman–Crippen LogP) is 4.99. The molecule has 0 bridgehead atoms. The van der Waals surface area contributed by atoms with E-state index in [0.29, 0.717) is 10.7 Å². The van der Waals surface area contributed by atoms with Gasteiger partial charge in [-0.15, -0.1) is 22.0 Å². The van der Waals surface area contributed by atoms with Crippen molar-refractivity contribution < 1.29 is 4.79 Å². The molecular formula is C17H14BrN3OS2. The van der Waals surface area contributed by atoms with Gasteiger partial charge in [0.25, 0.3) is 5.91 Å². The smallest absolute Gasteiger partial charge is 0.257 e. The van der Waals surface area contributed by atoms with Gasteiger partial charge in [0.05, 0.1) is 0 Å². The summed E-state index contributed by atoms with van der Waals surface area (Å²) in [5, 5.41) is 12.4. The molecule has 0 aliphatic rings. The molecule has 0 atom stereocenters. The highest BCUT2D eigenvalue weighted by Crippen LogP contribution is 2.23. The lowest BCUT2D eigenvalue weighted by Crippen LogP contribution is -2.11. The van der Waals surface area contributed by atoms with Crippen molar-refractivity contribution in [2.75, 3.05) is 5.32 Å². The van der Waals surface area contributed by atoms with Crippen LogP contribution in [0.15, 0.2) is 59.1 Å². The predicted molar refractivity (Wildman–Crippen MR) is 103 cm³/mol. The van der Waals surface area contributed by atoms with Gasteiger partial charge in [0, 0.05) is 21.5 Å². The third kappa shape index (κ3) is 4.90. The van der Waals surface area contributed by atoms with Crippen LogP contribution in [0.4, 0.5) is 5.13 Å². The fourth-order valence-electron chi connectivity index (χ4n) is 1.96. The second-order valence-corrected chi connectivity index (χ2v) is 7.90. The van der Waals surface area contributed by atoms with E-state index < -0.39 is 0 Å². The van der Waals surface area contributed by atoms with Gasteiger partial charge in [0.2, 0.25) is 5.13 Å². The van der Waals surface area contributed by atoms with E-state index in [4.69, 9.17) is 0 Å². The summed E-state index contributed by atoms with van der Waals surface area (Å²) >= 11 is 6.54. The van der Waals surface area contributed by atoms with Crippen LogP contribution in [0.1, 0.15) is 20.9 Å². The fourth-order valence-corrected chi connectivity index (χ4v) is 4.01. The minimum Gasteiger partial charge on any atom is -0.296 e. The van der Waals surface area contributed by atoms with Crippen molar-refractivity contribution in [3.63, 3.8) is 0 Å². The molecule has 24 heavy (non-hydrogen) atoms. The van der Waals surface area contributed by atoms with Crippen molar-refractivity contribution in [2.45, 2.75) is 11.5 Å². The summed E-state index contributed by atoms with van der Waals surface area (Å²) in [7, 11) is 0. The molecule has 1 aromatic heterocycles. The molecule has 1 amide bonds. The number of aromatic nitrogens is 2. The molecule has 0 radical (unpaired) electrons. The first-order valence-electron chi connectivity index (χ1n) is 7.22. The molecule has 0 saturated heterocycles. The Morgan fingerprint density at radius 2 is 1.79 bits per heavy atom. The van der Waals surface area contributed by atoms with Crippen LogP contribution in [0.25, 0.3) is 0 Å². The van der Waals surface area contributed by atoms with Crippen LogP contribution in [0, 0.1) is 0 Å². The Labute approximate surface area is 156 Å². The molecule has 3 aromatic rings. The van der Waals surface area contributed by atoms with Crippen molar-refractivity contribution in [1.29, 1.82) is 0 Å². The average Bonchev–Trinajstić information content (AvgIpc) is 3.04. The molecule has 7 heteroatoms. The summed E-state index contributed by atoms with van der Waals surface area (Å²) in [4.78, 5) is 12.1. The number of hydrogen-bond donors (Lipinski definition) is 1. The van der Waals surface area contributed by atoms with E-state index >= 15 is 0 Å². The van der Waals surface area contributed by atoms with Gasteiger partial charge in [-0.25, -0.2) is 0 Å². The number of rotatable bonds is 6. The number of carbonyl (C=O) groups is 1. The lowest BCUT2D eigenvalue weighted by Gasteiger charge is -2.01. The third-order valence-electron chi connectivity index (χ3n) is 3.13. The molecule has 0 aliphatic heterocycles. The van der Waals surface area contributed by atoms with Crippen molar-refractivity contribution in [3.05, 3.63) is 75.2 Å². The number of nitrogens with zero attached hydrogens (tertiary/aromatic N) is 2. The average molecular weight is 420 g/mol. The first-order chi connectivity index (χ1) is 11.7. The number of nitrogens with one attached hydrogen (secondary N) is 1. The maximum absolute atomic E-state index is 12.1. The lowest BCUT2D eigenvalue weighted by molar-refractivity contribution is 0.102. The Morgan fingerprint density at radius 3 is 2.54 bits per heavy atom. The standard InChI is InChI=1S/C17H14BrN3OS2/c18-14-8-6-13(7-9-14)16(22)19-17-21-20-15(24-17)11-23-10-12-4-2-1-3-5-12/h1-9H,10-11H2,(H,19,21,22). The fraction of sp³-hybridized carbons (Fsp3) is 0.118. The summed E-state index contributed by atoms with van der Waals surface area (Å²) in [5.41, 5.74) is 1.88. The van der Waals surface area contributed by atoms with Gasteiger partial charge < -0.3 is 0 Å². The number of benzene rings is 2. The second-order valence-electron chi connectivity index (χ2n) is 4.94. The maximum Gasteiger partial charge on any atom is 0.257 e. The molecule has 122 valence electrons. The molecule has 3 rings (SSSR count). The first-order valence-corrected chi connectivity index (χ1v) is 9.98. The monoisotopic (exact) mass is 419 g/mol. The molecule has 2 aromatic carbocycles. The molecule has 0 spiro atoms. The summed E-state index contributed by atoms with van der Waals surface area (Å²) in [6.45, 7) is 0. The Hall–Kier alpha value is -1.70. The zero-order valence-electron chi connectivity index (χ0n) is 12.6. The van der Waals surface area contributed by atoms with Crippen LogP contribution < -0.4 is 5.32 Å². The van der Waals surface area contributed by atoms with Crippen LogP contribution in [0.3, 0.4) is 0 Å². The zero-order valence-corrected chi connectivity index (χ0v) is 15.8. The largest absolute Gasteiger partial charge is 0.296 e. The van der Waals surface area contributed by atoms with Crippen LogP contribution >= 0.6 is 39.0 Å². The van der Waals surface area contributed by atoms with Crippen molar-refractivity contribution in [3.8, 4) is 0 Å². The Balaban J connectivity index is 1.51. The van der Waals surface area contributed by atoms with Crippen molar-refractivity contribution >= 4 is 50.1 Å². The number of halogens is 1. The molecule has 0 saturated carbocycles. The van der Waals surface area contributed by atoms with Crippen LogP contribution in [0.2, 0.25) is 0 Å². The minimum atomic E-state index is -0.179. The van der Waals surface area contributed by atoms with E-state index in [-0.39, 0.29) is 5.91 Å². The Bertz CT molecular complexity index is 806. The topological polar surface area (TPSA) is 54.9 Å². The highest BCUT2D eigenvalue weighted by atomic mass is 79.9. The quantitative estimate of drug-likeness (QED) is 0.611. The molecule has 0 fully saturated rings. The van der Waals surface area contributed by atoms with Crippen LogP contribution in [-0.4, -0.2) is 16.1 Å². The van der Waals surface area contributed by atoms with E-state index in [1.54, 1.807) is 23.9 Å². The zero-order chi connectivity index (χ0) is 16.8. The van der Waals surface area contributed by atoms with Gasteiger partial charge in [-0.1, -0.05) is 57.6 Å². The van der Waals surface area contributed by atoms with E-state index in [9.17, 15) is 4.79 Å². The lowest BCUT2D eigenvalue weighted by atomic mass is 10.2. The van der Waals surface area contributed by atoms with E-state index in [2.05, 4.69) is 43.6 Å². The molecule has 0 aliphatic carbocycles. The van der Waals surface area contributed by atoms with Crippen LogP contribution in [-0.2, 0) is 11.5 Å². The van der Waals surface area contributed by atoms with E-state index in [1.807, 2.05) is 30.3 Å². The first kappa shape index (κ1) is 17.1. The maximum atomic E-state index is 12.1. The highest BCUT2D eigenvalue weighted by molar-refractivity contribution is 9.10. The molecule has 1 N–H and O–H groups in total. The molecule has 4 nitrogen and oxygen atoms in total. The van der Waals surface area contributed by atoms with Gasteiger partial charge in [0.15, 0.2) is 0 Å². The van der Waals surface area contributed by atoms with E-state index in [0.717, 1.165) is 21.0 Å². The summed E-state index contributed by atoms with van der Waals surface area (Å²) in [5.74, 6) is 1.53. The third-order valence-corrected chi connectivity index (χ3v) is 5.70. The number of thioether (sulfide) groups is 1. The highest BCUT2D eigenvalue weighted by Gasteiger charge is 2.10. The number of anilines is 1. The molecule has 0 unspecified atom stereocenters. The van der Waals surface area contributed by atoms with Gasteiger partial charge in [-0.3, -0.25) is 10.1 Å². The normalized spacial score (nSPS) is 10.5. The van der Waals surface area contributed by atoms with Gasteiger partial charge in [-0.05, 0) is 29.8 Å². The summed E-state index contributed by atoms with van der Waals surface area (Å²) in [6.07, 6.45) is 0. The van der Waals surface area contributed by atoms with Crippen molar-refractivity contribution in [2.24, 2.45) is 0 Å². The molecule has 1 heterocycles. The van der Waals surface area contributed by atoms with Crippen molar-refractivity contribution in [1.82, 2.24) is 10.2 Å². The summed E-state index contributed by atoms with van der Waals surface area (Å²) < 4.78 is 0.938. The summed E-state index contributed by atoms with van der Waals surface area (Å²) in [6, 6.07) is 17.5. The van der Waals surface area contributed by atoms with Gasteiger partial charge in [-0.2, -0.15) is 0 Å². The second kappa shape index (κ2) is 8.41. The number of carbonyl (C=O) groups excluding carboxylic acids is 1. The number of amides is 1. The van der Waals surface area contributed by atoms with Crippen LogP contribution in [0.5, 0.6) is 0 Å². The van der Waals surface area contributed by atoms with E-state index in [1.165, 1.54) is 16.9 Å². The van der Waals surface area contributed by atoms with Gasteiger partial charge >= 0.3 is 0 Å². The minimum absolute atomic E-state index is 0.179. The van der Waals surface area contributed by atoms with Gasteiger partial charge in [0.1, 0.15) is 5.01 Å². The number of hydrogen-bond acceptors (Lipinski definition) is 5.